The summed E-state index contributed by atoms with van der Waals surface area (Å²) in [6, 6.07) is 8.43. The van der Waals surface area contributed by atoms with E-state index in [1.165, 1.54) is 0 Å². The van der Waals surface area contributed by atoms with Gasteiger partial charge >= 0.3 is 5.97 Å². The molecule has 1 aliphatic heterocycles. The first-order valence-corrected chi connectivity index (χ1v) is 5.94. The van der Waals surface area contributed by atoms with Crippen LogP contribution in [0.2, 0.25) is 0 Å². The smallest absolute Gasteiger partial charge is 0.326 e. The second-order valence-corrected chi connectivity index (χ2v) is 4.44. The van der Waals surface area contributed by atoms with Crippen LogP contribution in [0.25, 0.3) is 0 Å². The monoisotopic (exact) mass is 248 g/mol. The molecule has 0 spiro atoms. The Morgan fingerprint density at radius 2 is 2.00 bits per heavy atom. The number of rotatable bonds is 5. The highest BCUT2D eigenvalue weighted by Gasteiger charge is 2.28. The van der Waals surface area contributed by atoms with Crippen LogP contribution in [0.3, 0.4) is 0 Å². The minimum atomic E-state index is -1.00. The number of carbonyl (C=O) groups is 2. The lowest BCUT2D eigenvalue weighted by Crippen LogP contribution is -2.54. The number of nitrogens with one attached hydrogen (secondary N) is 2. The quantitative estimate of drug-likeness (QED) is 0.686. The third-order valence-corrected chi connectivity index (χ3v) is 3.05. The van der Waals surface area contributed by atoms with Gasteiger partial charge in [0.15, 0.2) is 0 Å². The lowest BCUT2D eigenvalue weighted by Gasteiger charge is -2.27. The van der Waals surface area contributed by atoms with Crippen molar-refractivity contribution in [2.45, 2.75) is 12.5 Å². The molecular weight excluding hydrogens is 232 g/mol. The maximum absolute atomic E-state index is 11.7. The summed E-state index contributed by atoms with van der Waals surface area (Å²) in [6.07, 6.45) is 0.308. The van der Waals surface area contributed by atoms with E-state index in [2.05, 4.69) is 10.6 Å². The Morgan fingerprint density at radius 3 is 2.50 bits per heavy atom. The highest BCUT2D eigenvalue weighted by molar-refractivity contribution is 5.85. The fourth-order valence-electron chi connectivity index (χ4n) is 1.81. The van der Waals surface area contributed by atoms with E-state index in [1.807, 2.05) is 30.3 Å². The summed E-state index contributed by atoms with van der Waals surface area (Å²) in [7, 11) is 0. The molecule has 5 nitrogen and oxygen atoms in total. The van der Waals surface area contributed by atoms with E-state index in [0.29, 0.717) is 19.5 Å². The van der Waals surface area contributed by atoms with Crippen molar-refractivity contribution >= 4 is 11.9 Å². The molecule has 18 heavy (non-hydrogen) atoms. The predicted molar refractivity (Wildman–Crippen MR) is 66.1 cm³/mol. The Bertz CT molecular complexity index is 429. The molecule has 1 aromatic carbocycles. The van der Waals surface area contributed by atoms with Gasteiger partial charge in [-0.15, -0.1) is 0 Å². The normalized spacial score (nSPS) is 16.7. The minimum absolute atomic E-state index is 0.0948. The summed E-state index contributed by atoms with van der Waals surface area (Å²) < 4.78 is 0. The molecule has 3 N–H and O–H groups in total. The molecule has 1 aliphatic rings. The van der Waals surface area contributed by atoms with Crippen molar-refractivity contribution in [2.24, 2.45) is 5.92 Å². The van der Waals surface area contributed by atoms with Crippen LogP contribution in [-0.2, 0) is 16.0 Å². The Balaban J connectivity index is 1.95. The molecule has 1 atom stereocenters. The molecule has 0 bridgehead atoms. The summed E-state index contributed by atoms with van der Waals surface area (Å²) in [5, 5.41) is 14.7. The molecule has 5 heteroatoms. The number of hydrogen-bond donors (Lipinski definition) is 3. The van der Waals surface area contributed by atoms with E-state index in [-0.39, 0.29) is 11.8 Å². The first kappa shape index (κ1) is 12.6. The van der Waals surface area contributed by atoms with Crippen molar-refractivity contribution in [3.8, 4) is 0 Å². The Kier molecular flexibility index (Phi) is 3.94. The second kappa shape index (κ2) is 5.64. The van der Waals surface area contributed by atoms with Crippen molar-refractivity contribution in [3.63, 3.8) is 0 Å². The first-order chi connectivity index (χ1) is 8.66. The lowest BCUT2D eigenvalue weighted by atomic mass is 10.0. The molecular formula is C13H16N2O3. The summed E-state index contributed by atoms with van der Waals surface area (Å²) in [4.78, 5) is 22.9. The zero-order chi connectivity index (χ0) is 13.0. The van der Waals surface area contributed by atoms with Crippen LogP contribution in [0.1, 0.15) is 5.56 Å². The predicted octanol–water partition coefficient (Wildman–Crippen LogP) is 0.0179. The van der Waals surface area contributed by atoms with Crippen molar-refractivity contribution in [2.75, 3.05) is 13.1 Å². The molecule has 1 fully saturated rings. The lowest BCUT2D eigenvalue weighted by molar-refractivity contribution is -0.142. The van der Waals surface area contributed by atoms with Gasteiger partial charge in [0.2, 0.25) is 5.91 Å². The number of hydrogen-bond acceptors (Lipinski definition) is 3. The van der Waals surface area contributed by atoms with Crippen molar-refractivity contribution < 1.29 is 14.7 Å². The highest BCUT2D eigenvalue weighted by atomic mass is 16.4. The molecule has 1 aromatic rings. The Hall–Kier alpha value is -1.88. The van der Waals surface area contributed by atoms with Crippen molar-refractivity contribution in [1.82, 2.24) is 10.6 Å². The standard InChI is InChI=1S/C13H16N2O3/c16-12(10-7-14-8-10)15-11(13(17)18)6-9-4-2-1-3-5-9/h1-5,10-11,14H,6-8H2,(H,15,16)(H,17,18). The Labute approximate surface area is 105 Å². The Morgan fingerprint density at radius 1 is 1.33 bits per heavy atom. The van der Waals surface area contributed by atoms with Gasteiger partial charge in [-0.3, -0.25) is 4.79 Å². The average molecular weight is 248 g/mol. The van der Waals surface area contributed by atoms with E-state index in [0.717, 1.165) is 5.56 Å². The van der Waals surface area contributed by atoms with Gasteiger partial charge in [0.05, 0.1) is 5.92 Å². The maximum atomic E-state index is 11.7. The van der Waals surface area contributed by atoms with E-state index in [1.54, 1.807) is 0 Å². The molecule has 1 unspecified atom stereocenters. The van der Waals surface area contributed by atoms with Crippen LogP contribution in [0.4, 0.5) is 0 Å². The fraction of sp³-hybridized carbons (Fsp3) is 0.385. The largest absolute Gasteiger partial charge is 0.480 e. The van der Waals surface area contributed by atoms with Gasteiger partial charge in [0.1, 0.15) is 6.04 Å². The summed E-state index contributed by atoms with van der Waals surface area (Å²) in [5.74, 6) is -1.28. The molecule has 0 aliphatic carbocycles. The number of aliphatic carboxylic acids is 1. The highest BCUT2D eigenvalue weighted by Crippen LogP contribution is 2.07. The van der Waals surface area contributed by atoms with Crippen LogP contribution in [0.5, 0.6) is 0 Å². The molecule has 1 amide bonds. The molecule has 0 aromatic heterocycles. The molecule has 2 rings (SSSR count). The molecule has 0 radical (unpaired) electrons. The van der Waals surface area contributed by atoms with Crippen LogP contribution in [0.15, 0.2) is 30.3 Å². The maximum Gasteiger partial charge on any atom is 0.326 e. The van der Waals surface area contributed by atoms with Gasteiger partial charge < -0.3 is 15.7 Å². The topological polar surface area (TPSA) is 78.4 Å². The van der Waals surface area contributed by atoms with E-state index in [4.69, 9.17) is 5.11 Å². The van der Waals surface area contributed by atoms with Crippen LogP contribution < -0.4 is 10.6 Å². The van der Waals surface area contributed by atoms with E-state index >= 15 is 0 Å². The number of carbonyl (C=O) groups excluding carboxylic acids is 1. The van der Waals surface area contributed by atoms with Gasteiger partial charge in [0.25, 0.3) is 0 Å². The van der Waals surface area contributed by atoms with Gasteiger partial charge in [0, 0.05) is 19.5 Å². The zero-order valence-corrected chi connectivity index (χ0v) is 9.93. The summed E-state index contributed by atoms with van der Waals surface area (Å²) in [5.41, 5.74) is 0.900. The summed E-state index contributed by atoms with van der Waals surface area (Å²) in [6.45, 7) is 1.26. The second-order valence-electron chi connectivity index (χ2n) is 4.44. The van der Waals surface area contributed by atoms with Crippen LogP contribution >= 0.6 is 0 Å². The molecule has 1 saturated heterocycles. The van der Waals surface area contributed by atoms with Gasteiger partial charge in [-0.25, -0.2) is 4.79 Å². The summed E-state index contributed by atoms with van der Waals surface area (Å²) >= 11 is 0. The van der Waals surface area contributed by atoms with E-state index < -0.39 is 12.0 Å². The molecule has 96 valence electrons. The van der Waals surface area contributed by atoms with Crippen molar-refractivity contribution in [3.05, 3.63) is 35.9 Å². The molecule has 1 heterocycles. The third kappa shape index (κ3) is 3.07. The number of carboxylic acid groups (broad SMARTS) is 1. The third-order valence-electron chi connectivity index (χ3n) is 3.05. The van der Waals surface area contributed by atoms with E-state index in [9.17, 15) is 9.59 Å². The zero-order valence-electron chi connectivity index (χ0n) is 9.93. The van der Waals surface area contributed by atoms with Gasteiger partial charge in [-0.1, -0.05) is 30.3 Å². The van der Waals surface area contributed by atoms with Gasteiger partial charge in [-0.2, -0.15) is 0 Å². The minimum Gasteiger partial charge on any atom is -0.480 e. The first-order valence-electron chi connectivity index (χ1n) is 5.94. The van der Waals surface area contributed by atoms with Gasteiger partial charge in [-0.05, 0) is 5.56 Å². The molecule has 0 saturated carbocycles. The number of benzene rings is 1. The fourth-order valence-corrected chi connectivity index (χ4v) is 1.81. The number of amides is 1. The van der Waals surface area contributed by atoms with Crippen molar-refractivity contribution in [1.29, 1.82) is 0 Å². The SMILES string of the molecule is O=C(NC(Cc1ccccc1)C(=O)O)C1CNC1. The van der Waals surface area contributed by atoms with Crippen LogP contribution in [-0.4, -0.2) is 36.1 Å². The average Bonchev–Trinajstić information content (AvgIpc) is 2.27. The number of carboxylic acids is 1. The van der Waals surface area contributed by atoms with Crippen LogP contribution in [0, 0.1) is 5.92 Å².